The van der Waals surface area contributed by atoms with Crippen molar-refractivity contribution in [1.29, 1.82) is 0 Å². The molecule has 1 nitrogen and oxygen atoms in total. The van der Waals surface area contributed by atoms with Crippen LogP contribution in [0, 0.1) is 0 Å². The van der Waals surface area contributed by atoms with E-state index >= 15 is 0 Å². The second-order valence-electron chi connectivity index (χ2n) is 1.88. The van der Waals surface area contributed by atoms with Gasteiger partial charge in [-0.25, -0.2) is 8.78 Å². The first kappa shape index (κ1) is 8.82. The van der Waals surface area contributed by atoms with E-state index < -0.39 is 6.43 Å². The summed E-state index contributed by atoms with van der Waals surface area (Å²) < 4.78 is 23.2. The Bertz CT molecular complexity index is 62.1. The van der Waals surface area contributed by atoms with Gasteiger partial charge < -0.3 is 0 Å². The SMILES string of the molecule is CCN(CC)CC(F)F. The maximum atomic E-state index is 11.6. The van der Waals surface area contributed by atoms with Crippen LogP contribution < -0.4 is 0 Å². The summed E-state index contributed by atoms with van der Waals surface area (Å²) in [7, 11) is 0. The van der Waals surface area contributed by atoms with E-state index in [9.17, 15) is 8.78 Å². The smallest absolute Gasteiger partial charge is 0.251 e. The van der Waals surface area contributed by atoms with Gasteiger partial charge in [-0.2, -0.15) is 0 Å². The first-order valence-corrected chi connectivity index (χ1v) is 3.21. The first-order valence-electron chi connectivity index (χ1n) is 3.21. The van der Waals surface area contributed by atoms with Crippen LogP contribution >= 0.6 is 0 Å². The minimum absolute atomic E-state index is 0.0903. The molecule has 0 saturated carbocycles. The molecule has 0 aliphatic carbocycles. The number of hydrogen-bond acceptors (Lipinski definition) is 1. The molecule has 0 N–H and O–H groups in total. The third-order valence-electron chi connectivity index (χ3n) is 1.29. The number of rotatable bonds is 4. The van der Waals surface area contributed by atoms with E-state index in [0.717, 1.165) is 0 Å². The average Bonchev–Trinajstić information content (AvgIpc) is 1.82. The molecule has 0 unspecified atom stereocenters. The zero-order valence-electron chi connectivity index (χ0n) is 5.90. The van der Waals surface area contributed by atoms with E-state index in [1.54, 1.807) is 4.90 Å². The quantitative estimate of drug-likeness (QED) is 0.568. The van der Waals surface area contributed by atoms with Crippen LogP contribution in [0.2, 0.25) is 0 Å². The Morgan fingerprint density at radius 2 is 1.67 bits per heavy atom. The summed E-state index contributed by atoms with van der Waals surface area (Å²) in [4.78, 5) is 1.70. The van der Waals surface area contributed by atoms with Crippen LogP contribution in [0.4, 0.5) is 8.78 Å². The van der Waals surface area contributed by atoms with Crippen LogP contribution in [0.15, 0.2) is 0 Å². The number of nitrogens with zero attached hydrogens (tertiary/aromatic N) is 1. The van der Waals surface area contributed by atoms with Crippen LogP contribution in [-0.2, 0) is 0 Å². The highest BCUT2D eigenvalue weighted by Crippen LogP contribution is 1.96. The van der Waals surface area contributed by atoms with Crippen LogP contribution in [0.5, 0.6) is 0 Å². The first-order chi connectivity index (χ1) is 4.20. The van der Waals surface area contributed by atoms with Crippen molar-refractivity contribution in [3.05, 3.63) is 0 Å². The van der Waals surface area contributed by atoms with Crippen LogP contribution in [0.1, 0.15) is 13.8 Å². The Kier molecular flexibility index (Phi) is 4.58. The average molecular weight is 137 g/mol. The van der Waals surface area contributed by atoms with E-state index in [2.05, 4.69) is 0 Å². The van der Waals surface area contributed by atoms with Gasteiger partial charge in [-0.3, -0.25) is 4.90 Å². The Labute approximate surface area is 54.7 Å². The molecule has 0 amide bonds. The molecule has 3 heteroatoms. The molecule has 0 aromatic heterocycles. The van der Waals surface area contributed by atoms with E-state index in [4.69, 9.17) is 0 Å². The minimum atomic E-state index is -2.19. The predicted octanol–water partition coefficient (Wildman–Crippen LogP) is 1.59. The van der Waals surface area contributed by atoms with Crippen molar-refractivity contribution >= 4 is 0 Å². The molecule has 0 atom stereocenters. The predicted molar refractivity (Wildman–Crippen MR) is 33.8 cm³/mol. The van der Waals surface area contributed by atoms with Crippen molar-refractivity contribution in [3.63, 3.8) is 0 Å². The van der Waals surface area contributed by atoms with Gasteiger partial charge in [-0.1, -0.05) is 13.8 Å². The zero-order valence-corrected chi connectivity index (χ0v) is 5.90. The monoisotopic (exact) mass is 137 g/mol. The Morgan fingerprint density at radius 1 is 1.22 bits per heavy atom. The highest BCUT2D eigenvalue weighted by atomic mass is 19.3. The lowest BCUT2D eigenvalue weighted by atomic mass is 10.5. The third kappa shape index (κ3) is 4.33. The second kappa shape index (κ2) is 4.68. The number of hydrogen-bond donors (Lipinski definition) is 0. The highest BCUT2D eigenvalue weighted by molar-refractivity contribution is 4.52. The van der Waals surface area contributed by atoms with Gasteiger partial charge in [0.25, 0.3) is 6.43 Å². The van der Waals surface area contributed by atoms with Gasteiger partial charge in [0.2, 0.25) is 0 Å². The molecule has 0 aliphatic rings. The number of alkyl halides is 2. The van der Waals surface area contributed by atoms with Gasteiger partial charge in [0, 0.05) is 0 Å². The van der Waals surface area contributed by atoms with Gasteiger partial charge in [-0.05, 0) is 13.1 Å². The Hall–Kier alpha value is -0.180. The van der Waals surface area contributed by atoms with Crippen molar-refractivity contribution in [3.8, 4) is 0 Å². The summed E-state index contributed by atoms with van der Waals surface area (Å²) in [6, 6.07) is 0. The summed E-state index contributed by atoms with van der Waals surface area (Å²) >= 11 is 0. The molecule has 0 aliphatic heterocycles. The van der Waals surface area contributed by atoms with Crippen molar-refractivity contribution in [1.82, 2.24) is 4.90 Å². The third-order valence-corrected chi connectivity index (χ3v) is 1.29. The number of halogens is 2. The molecule has 9 heavy (non-hydrogen) atoms. The molecule has 0 radical (unpaired) electrons. The van der Waals surface area contributed by atoms with Crippen LogP contribution in [0.25, 0.3) is 0 Å². The van der Waals surface area contributed by atoms with Gasteiger partial charge in [0.05, 0.1) is 6.54 Å². The van der Waals surface area contributed by atoms with Gasteiger partial charge in [0.15, 0.2) is 0 Å². The van der Waals surface area contributed by atoms with Gasteiger partial charge in [-0.15, -0.1) is 0 Å². The Balaban J connectivity index is 3.31. The van der Waals surface area contributed by atoms with Crippen molar-refractivity contribution in [2.75, 3.05) is 19.6 Å². The molecule has 0 heterocycles. The fourth-order valence-corrected chi connectivity index (χ4v) is 0.677. The van der Waals surface area contributed by atoms with Gasteiger partial charge >= 0.3 is 0 Å². The normalized spacial score (nSPS) is 11.3. The summed E-state index contributed by atoms with van der Waals surface area (Å²) in [5.74, 6) is 0. The van der Waals surface area contributed by atoms with Crippen LogP contribution in [-0.4, -0.2) is 31.0 Å². The molecule has 0 aromatic carbocycles. The largest absolute Gasteiger partial charge is 0.298 e. The topological polar surface area (TPSA) is 3.24 Å². The van der Waals surface area contributed by atoms with E-state index in [0.29, 0.717) is 13.1 Å². The summed E-state index contributed by atoms with van der Waals surface area (Å²) in [6.07, 6.45) is -2.19. The highest BCUT2D eigenvalue weighted by Gasteiger charge is 2.06. The standard InChI is InChI=1S/C6H13F2N/c1-3-9(4-2)5-6(7)8/h6H,3-5H2,1-2H3. The minimum Gasteiger partial charge on any atom is -0.298 e. The zero-order chi connectivity index (χ0) is 7.28. The molecule has 0 spiro atoms. The maximum Gasteiger partial charge on any atom is 0.251 e. The lowest BCUT2D eigenvalue weighted by Crippen LogP contribution is -2.28. The van der Waals surface area contributed by atoms with Gasteiger partial charge in [0.1, 0.15) is 0 Å². The second-order valence-corrected chi connectivity index (χ2v) is 1.88. The van der Waals surface area contributed by atoms with Crippen molar-refractivity contribution < 1.29 is 8.78 Å². The van der Waals surface area contributed by atoms with Crippen molar-refractivity contribution in [2.24, 2.45) is 0 Å². The molecular weight excluding hydrogens is 124 g/mol. The summed E-state index contributed by atoms with van der Waals surface area (Å²) in [6.45, 7) is 5.09. The van der Waals surface area contributed by atoms with E-state index in [1.807, 2.05) is 13.8 Å². The molecule has 0 rings (SSSR count). The lowest BCUT2D eigenvalue weighted by Gasteiger charge is -2.16. The lowest BCUT2D eigenvalue weighted by molar-refractivity contribution is 0.0934. The summed E-state index contributed by atoms with van der Waals surface area (Å²) in [5.41, 5.74) is 0. The molecule has 0 bridgehead atoms. The molecule has 0 aromatic rings. The molecule has 0 saturated heterocycles. The molecular formula is C6H13F2N. The fraction of sp³-hybridized carbons (Fsp3) is 1.00. The Morgan fingerprint density at radius 3 is 1.78 bits per heavy atom. The molecule has 56 valence electrons. The maximum absolute atomic E-state index is 11.6. The molecule has 0 fully saturated rings. The van der Waals surface area contributed by atoms with E-state index in [-0.39, 0.29) is 6.54 Å². The van der Waals surface area contributed by atoms with E-state index in [1.165, 1.54) is 0 Å². The van der Waals surface area contributed by atoms with Crippen LogP contribution in [0.3, 0.4) is 0 Å². The fourth-order valence-electron chi connectivity index (χ4n) is 0.677. The summed E-state index contributed by atoms with van der Waals surface area (Å²) in [5, 5.41) is 0. The van der Waals surface area contributed by atoms with Crippen molar-refractivity contribution in [2.45, 2.75) is 20.3 Å².